The van der Waals surface area contributed by atoms with Crippen molar-refractivity contribution in [1.82, 2.24) is 5.32 Å². The molecule has 0 aliphatic carbocycles. The number of amides is 1. The number of methoxy groups -OCH3 is 1. The molecule has 0 saturated carbocycles. The van der Waals surface area contributed by atoms with Crippen LogP contribution in [0.3, 0.4) is 0 Å². The Balaban J connectivity index is 2.92. The van der Waals surface area contributed by atoms with Gasteiger partial charge >= 0.3 is 0 Å². The van der Waals surface area contributed by atoms with Gasteiger partial charge in [-0.25, -0.2) is 4.39 Å². The number of rotatable bonds is 4. The van der Waals surface area contributed by atoms with Gasteiger partial charge in [0.05, 0.1) is 12.7 Å². The highest BCUT2D eigenvalue weighted by molar-refractivity contribution is 9.09. The summed E-state index contributed by atoms with van der Waals surface area (Å²) in [6.07, 6.45) is 0. The van der Waals surface area contributed by atoms with E-state index in [4.69, 9.17) is 4.74 Å². The molecule has 1 aromatic rings. The van der Waals surface area contributed by atoms with Gasteiger partial charge in [0.2, 0.25) is 0 Å². The highest BCUT2D eigenvalue weighted by atomic mass is 79.9. The van der Waals surface area contributed by atoms with Crippen LogP contribution in [0.5, 0.6) is 5.75 Å². The molecule has 0 heterocycles. The van der Waals surface area contributed by atoms with Crippen LogP contribution < -0.4 is 10.1 Å². The summed E-state index contributed by atoms with van der Waals surface area (Å²) in [6, 6.07) is 4.17. The minimum atomic E-state index is -0.593. The Kier molecular flexibility index (Phi) is 4.73. The summed E-state index contributed by atoms with van der Waals surface area (Å²) in [6.45, 7) is 5.65. The lowest BCUT2D eigenvalue weighted by Gasteiger charge is -2.29. The van der Waals surface area contributed by atoms with Gasteiger partial charge in [-0.1, -0.05) is 22.9 Å². The van der Waals surface area contributed by atoms with Gasteiger partial charge in [0.25, 0.3) is 5.91 Å². The number of hydrogen-bond donors (Lipinski definition) is 1. The molecule has 1 unspecified atom stereocenters. The lowest BCUT2D eigenvalue weighted by Crippen LogP contribution is -2.49. The van der Waals surface area contributed by atoms with E-state index >= 15 is 0 Å². The summed E-state index contributed by atoms with van der Waals surface area (Å²) in [5.74, 6) is -0.645. The van der Waals surface area contributed by atoms with Crippen LogP contribution in [0, 0.1) is 5.82 Å². The van der Waals surface area contributed by atoms with Crippen molar-refractivity contribution in [3.05, 3.63) is 29.6 Å². The Morgan fingerprint density at radius 3 is 2.56 bits per heavy atom. The number of benzene rings is 1. The lowest BCUT2D eigenvalue weighted by molar-refractivity contribution is 0.0909. The molecule has 0 spiro atoms. The van der Waals surface area contributed by atoms with Crippen molar-refractivity contribution in [2.45, 2.75) is 31.1 Å². The van der Waals surface area contributed by atoms with E-state index < -0.39 is 17.3 Å². The Labute approximate surface area is 115 Å². The molecular weight excluding hydrogens is 301 g/mol. The van der Waals surface area contributed by atoms with Crippen LogP contribution in [0.25, 0.3) is 0 Å². The molecule has 5 heteroatoms. The van der Waals surface area contributed by atoms with Crippen LogP contribution in [-0.2, 0) is 0 Å². The number of halogens is 2. The fraction of sp³-hybridized carbons (Fsp3) is 0.462. The Hall–Kier alpha value is -1.10. The second-order valence-electron chi connectivity index (χ2n) is 4.64. The number of hydrogen-bond acceptors (Lipinski definition) is 2. The van der Waals surface area contributed by atoms with Crippen molar-refractivity contribution in [1.29, 1.82) is 0 Å². The molecule has 0 saturated heterocycles. The van der Waals surface area contributed by atoms with Crippen LogP contribution in [0.1, 0.15) is 31.1 Å². The quantitative estimate of drug-likeness (QED) is 0.866. The first-order valence-corrected chi connectivity index (χ1v) is 6.49. The fourth-order valence-corrected chi connectivity index (χ4v) is 1.38. The topological polar surface area (TPSA) is 38.3 Å². The van der Waals surface area contributed by atoms with Crippen LogP contribution in [0.2, 0.25) is 0 Å². The molecule has 0 fully saturated rings. The van der Waals surface area contributed by atoms with Gasteiger partial charge in [0.1, 0.15) is 11.6 Å². The number of ether oxygens (including phenoxy) is 1. The maximum Gasteiger partial charge on any atom is 0.254 e. The van der Waals surface area contributed by atoms with E-state index in [-0.39, 0.29) is 10.4 Å². The highest BCUT2D eigenvalue weighted by Crippen LogP contribution is 2.20. The van der Waals surface area contributed by atoms with Crippen molar-refractivity contribution in [2.24, 2.45) is 0 Å². The van der Waals surface area contributed by atoms with Crippen LogP contribution in [-0.4, -0.2) is 23.4 Å². The maximum absolute atomic E-state index is 13.7. The minimum absolute atomic E-state index is 0.0111. The summed E-state index contributed by atoms with van der Waals surface area (Å²) >= 11 is 3.41. The van der Waals surface area contributed by atoms with Gasteiger partial charge < -0.3 is 10.1 Å². The molecule has 0 bridgehead atoms. The fourth-order valence-electron chi connectivity index (χ4n) is 1.27. The van der Waals surface area contributed by atoms with Crippen molar-refractivity contribution in [2.75, 3.05) is 7.11 Å². The summed E-state index contributed by atoms with van der Waals surface area (Å²) in [5, 5.41) is 2.78. The van der Waals surface area contributed by atoms with Gasteiger partial charge in [0, 0.05) is 16.4 Å². The van der Waals surface area contributed by atoms with E-state index in [1.807, 2.05) is 20.8 Å². The smallest absolute Gasteiger partial charge is 0.254 e. The van der Waals surface area contributed by atoms with Gasteiger partial charge in [-0.05, 0) is 26.0 Å². The van der Waals surface area contributed by atoms with E-state index in [1.54, 1.807) is 6.07 Å². The average Bonchev–Trinajstić information content (AvgIpc) is 2.27. The first-order chi connectivity index (χ1) is 8.27. The predicted molar refractivity (Wildman–Crippen MR) is 72.9 cm³/mol. The van der Waals surface area contributed by atoms with Gasteiger partial charge in [-0.2, -0.15) is 0 Å². The Morgan fingerprint density at radius 1 is 1.50 bits per heavy atom. The van der Waals surface area contributed by atoms with E-state index in [0.29, 0.717) is 5.75 Å². The standard InChI is InChI=1S/C13H17BrFNO2/c1-8(14)13(2,3)16-12(17)10-6-5-9(18-4)7-11(10)15/h5-8H,1-4H3,(H,16,17). The molecule has 3 nitrogen and oxygen atoms in total. The summed E-state index contributed by atoms with van der Waals surface area (Å²) < 4.78 is 18.6. The van der Waals surface area contributed by atoms with E-state index in [9.17, 15) is 9.18 Å². The number of nitrogens with one attached hydrogen (secondary N) is 1. The monoisotopic (exact) mass is 317 g/mol. The Morgan fingerprint density at radius 2 is 2.11 bits per heavy atom. The molecule has 1 amide bonds. The lowest BCUT2D eigenvalue weighted by atomic mass is 10.0. The van der Waals surface area contributed by atoms with Crippen molar-refractivity contribution in [3.63, 3.8) is 0 Å². The third-order valence-electron chi connectivity index (χ3n) is 2.85. The van der Waals surface area contributed by atoms with Gasteiger partial charge in [-0.3, -0.25) is 4.79 Å². The molecule has 18 heavy (non-hydrogen) atoms. The first-order valence-electron chi connectivity index (χ1n) is 5.58. The zero-order chi connectivity index (χ0) is 13.9. The molecular formula is C13H17BrFNO2. The summed E-state index contributed by atoms with van der Waals surface area (Å²) in [7, 11) is 1.45. The van der Waals surface area contributed by atoms with Crippen LogP contribution >= 0.6 is 15.9 Å². The Bertz CT molecular complexity index is 447. The average molecular weight is 318 g/mol. The van der Waals surface area contributed by atoms with Gasteiger partial charge in [-0.15, -0.1) is 0 Å². The summed E-state index contributed by atoms with van der Waals surface area (Å²) in [5.41, 5.74) is -0.458. The third-order valence-corrected chi connectivity index (χ3v) is 4.00. The molecule has 1 N–H and O–H groups in total. The largest absolute Gasteiger partial charge is 0.497 e. The normalized spacial score (nSPS) is 13.0. The highest BCUT2D eigenvalue weighted by Gasteiger charge is 2.27. The SMILES string of the molecule is COc1ccc(C(=O)NC(C)(C)C(C)Br)c(F)c1. The molecule has 0 aliphatic heterocycles. The zero-order valence-electron chi connectivity index (χ0n) is 10.9. The van der Waals surface area contributed by atoms with Crippen molar-refractivity contribution >= 4 is 21.8 Å². The van der Waals surface area contributed by atoms with Crippen LogP contribution in [0.4, 0.5) is 4.39 Å². The number of carbonyl (C=O) groups excluding carboxylic acids is 1. The molecule has 1 rings (SSSR count). The second kappa shape index (κ2) is 5.69. The molecule has 1 atom stereocenters. The van der Waals surface area contributed by atoms with E-state index in [0.717, 1.165) is 0 Å². The molecule has 0 aliphatic rings. The van der Waals surface area contributed by atoms with E-state index in [1.165, 1.54) is 19.2 Å². The predicted octanol–water partition coefficient (Wildman–Crippen LogP) is 3.13. The molecule has 0 radical (unpaired) electrons. The number of carbonyl (C=O) groups is 1. The van der Waals surface area contributed by atoms with Crippen LogP contribution in [0.15, 0.2) is 18.2 Å². The number of alkyl halides is 1. The zero-order valence-corrected chi connectivity index (χ0v) is 12.5. The second-order valence-corrected chi connectivity index (χ2v) is 6.01. The van der Waals surface area contributed by atoms with Crippen molar-refractivity contribution < 1.29 is 13.9 Å². The molecule has 1 aromatic carbocycles. The summed E-state index contributed by atoms with van der Waals surface area (Å²) in [4.78, 5) is 12.0. The molecule has 100 valence electrons. The maximum atomic E-state index is 13.7. The van der Waals surface area contributed by atoms with Gasteiger partial charge in [0.15, 0.2) is 0 Å². The first kappa shape index (κ1) is 15.0. The van der Waals surface area contributed by atoms with E-state index in [2.05, 4.69) is 21.2 Å². The van der Waals surface area contributed by atoms with Crippen molar-refractivity contribution in [3.8, 4) is 5.75 Å². The minimum Gasteiger partial charge on any atom is -0.497 e. The molecule has 0 aromatic heterocycles. The third kappa shape index (κ3) is 3.45.